The van der Waals surface area contributed by atoms with Crippen molar-refractivity contribution < 1.29 is 8.78 Å². The molecule has 0 spiro atoms. The number of hydrogen-bond donors (Lipinski definition) is 1. The Morgan fingerprint density at radius 1 is 1.04 bits per heavy atom. The molecule has 4 rings (SSSR count). The first-order valence-corrected chi connectivity index (χ1v) is 6.77. The highest BCUT2D eigenvalue weighted by Gasteiger charge is 2.41. The quantitative estimate of drug-likeness (QED) is 0.609. The van der Waals surface area contributed by atoms with Gasteiger partial charge in [0.1, 0.15) is 11.5 Å². The van der Waals surface area contributed by atoms with Gasteiger partial charge in [0, 0.05) is 6.20 Å². The van der Waals surface area contributed by atoms with E-state index in [-0.39, 0.29) is 5.82 Å². The molecule has 0 radical (unpaired) electrons. The van der Waals surface area contributed by atoms with Crippen LogP contribution in [0.4, 0.5) is 14.6 Å². The van der Waals surface area contributed by atoms with Gasteiger partial charge in [0.2, 0.25) is 5.82 Å². The van der Waals surface area contributed by atoms with Crippen molar-refractivity contribution in [3.05, 3.63) is 53.7 Å². The van der Waals surface area contributed by atoms with Crippen LogP contribution in [-0.2, 0) is 5.92 Å². The summed E-state index contributed by atoms with van der Waals surface area (Å²) < 4.78 is 32.2. The van der Waals surface area contributed by atoms with Crippen LogP contribution in [0.5, 0.6) is 0 Å². The van der Waals surface area contributed by atoms with E-state index in [1.807, 2.05) is 0 Å². The smallest absolute Gasteiger partial charge is 0.350 e. The normalized spacial score (nSPS) is 12.3. The van der Waals surface area contributed by atoms with Gasteiger partial charge in [0.05, 0.1) is 6.20 Å². The molecule has 0 unspecified atom stereocenters. The third-order valence-corrected chi connectivity index (χ3v) is 3.49. The maximum Gasteiger partial charge on any atom is 0.350 e. The minimum atomic E-state index is -3.42. The number of anilines is 1. The predicted octanol–water partition coefficient (Wildman–Crippen LogP) is 1.80. The summed E-state index contributed by atoms with van der Waals surface area (Å²) in [5, 5.41) is 11.3. The standard InChI is InChI=1S/C14H11F2N7/c1-8-2-4-12-19-20-13(22(12)6-8)14(15,16)9-3-5-11-18-10(17)7-23(11)21-9/h2-7H,17H2,1H3. The Bertz CT molecular complexity index is 1030. The van der Waals surface area contributed by atoms with E-state index in [1.54, 1.807) is 25.3 Å². The molecular formula is C14H11F2N7. The van der Waals surface area contributed by atoms with Gasteiger partial charge in [0.15, 0.2) is 11.3 Å². The van der Waals surface area contributed by atoms with Crippen molar-refractivity contribution in [1.29, 1.82) is 0 Å². The summed E-state index contributed by atoms with van der Waals surface area (Å²) >= 11 is 0. The largest absolute Gasteiger partial charge is 0.382 e. The summed E-state index contributed by atoms with van der Waals surface area (Å²) in [5.41, 5.74) is 6.65. The molecule has 0 saturated carbocycles. The van der Waals surface area contributed by atoms with Crippen LogP contribution in [0.15, 0.2) is 36.7 Å². The third-order valence-electron chi connectivity index (χ3n) is 3.49. The van der Waals surface area contributed by atoms with E-state index < -0.39 is 17.4 Å². The monoisotopic (exact) mass is 315 g/mol. The molecule has 0 fully saturated rings. The highest BCUT2D eigenvalue weighted by Crippen LogP contribution is 2.33. The number of nitrogens with zero attached hydrogens (tertiary/aromatic N) is 6. The molecule has 4 heterocycles. The van der Waals surface area contributed by atoms with Gasteiger partial charge in [-0.25, -0.2) is 9.50 Å². The molecule has 4 aromatic heterocycles. The van der Waals surface area contributed by atoms with E-state index in [4.69, 9.17) is 5.73 Å². The topological polar surface area (TPSA) is 86.4 Å². The van der Waals surface area contributed by atoms with Crippen molar-refractivity contribution in [2.24, 2.45) is 0 Å². The summed E-state index contributed by atoms with van der Waals surface area (Å²) in [6.07, 6.45) is 2.94. The molecule has 0 aliphatic heterocycles. The van der Waals surface area contributed by atoms with Gasteiger partial charge in [-0.3, -0.25) is 4.40 Å². The van der Waals surface area contributed by atoms with Crippen LogP contribution < -0.4 is 5.73 Å². The summed E-state index contributed by atoms with van der Waals surface area (Å²) in [6.45, 7) is 1.81. The lowest BCUT2D eigenvalue weighted by atomic mass is 10.2. The van der Waals surface area contributed by atoms with E-state index in [9.17, 15) is 8.78 Å². The van der Waals surface area contributed by atoms with Crippen LogP contribution in [0.3, 0.4) is 0 Å². The van der Waals surface area contributed by atoms with E-state index in [0.29, 0.717) is 11.3 Å². The molecule has 0 bridgehead atoms. The first-order valence-electron chi connectivity index (χ1n) is 6.77. The zero-order valence-corrected chi connectivity index (χ0v) is 12.0. The van der Waals surface area contributed by atoms with Crippen LogP contribution in [0.1, 0.15) is 17.1 Å². The number of nitrogens with two attached hydrogens (primary N) is 1. The number of pyridine rings is 1. The molecule has 4 aromatic rings. The van der Waals surface area contributed by atoms with E-state index >= 15 is 0 Å². The summed E-state index contributed by atoms with van der Waals surface area (Å²) in [6, 6.07) is 6.05. The Kier molecular flexibility index (Phi) is 2.62. The molecule has 0 aliphatic carbocycles. The molecule has 0 aromatic carbocycles. The Hall–Kier alpha value is -3.10. The number of aryl methyl sites for hydroxylation is 1. The summed E-state index contributed by atoms with van der Waals surface area (Å²) in [5.74, 6) is -3.70. The first kappa shape index (κ1) is 13.6. The van der Waals surface area contributed by atoms with Crippen molar-refractivity contribution in [3.63, 3.8) is 0 Å². The molecule has 0 amide bonds. The Balaban J connectivity index is 1.91. The van der Waals surface area contributed by atoms with Crippen LogP contribution in [0.25, 0.3) is 11.3 Å². The molecule has 7 nitrogen and oxygen atoms in total. The second kappa shape index (κ2) is 4.45. The van der Waals surface area contributed by atoms with Gasteiger partial charge < -0.3 is 5.73 Å². The van der Waals surface area contributed by atoms with E-state index in [0.717, 1.165) is 5.56 Å². The summed E-state index contributed by atoms with van der Waals surface area (Å²) in [7, 11) is 0. The number of aromatic nitrogens is 6. The highest BCUT2D eigenvalue weighted by atomic mass is 19.3. The summed E-state index contributed by atoms with van der Waals surface area (Å²) in [4.78, 5) is 3.96. The Morgan fingerprint density at radius 3 is 2.65 bits per heavy atom. The van der Waals surface area contributed by atoms with Crippen LogP contribution in [-0.4, -0.2) is 29.2 Å². The molecule has 116 valence electrons. The van der Waals surface area contributed by atoms with Gasteiger partial charge in [0.25, 0.3) is 0 Å². The molecule has 2 N–H and O–H groups in total. The number of rotatable bonds is 2. The first-order chi connectivity index (χ1) is 10.9. The average Bonchev–Trinajstić information content (AvgIpc) is 3.08. The van der Waals surface area contributed by atoms with Crippen LogP contribution in [0.2, 0.25) is 0 Å². The SMILES string of the molecule is Cc1ccc2nnc(C(F)(F)c3ccc4nc(N)cn4n3)n2c1. The highest BCUT2D eigenvalue weighted by molar-refractivity contribution is 5.46. The number of halogens is 2. The lowest BCUT2D eigenvalue weighted by Crippen LogP contribution is -2.22. The maximum absolute atomic E-state index is 14.9. The van der Waals surface area contributed by atoms with Crippen molar-refractivity contribution in [3.8, 4) is 0 Å². The lowest BCUT2D eigenvalue weighted by molar-refractivity contribution is 0.0258. The van der Waals surface area contributed by atoms with Gasteiger partial charge >= 0.3 is 5.92 Å². The van der Waals surface area contributed by atoms with Crippen molar-refractivity contribution in [1.82, 2.24) is 29.2 Å². The van der Waals surface area contributed by atoms with Crippen LogP contribution >= 0.6 is 0 Å². The number of fused-ring (bicyclic) bond motifs is 2. The van der Waals surface area contributed by atoms with Gasteiger partial charge in [-0.15, -0.1) is 10.2 Å². The second-order valence-electron chi connectivity index (χ2n) is 5.22. The van der Waals surface area contributed by atoms with Crippen molar-refractivity contribution >= 4 is 17.1 Å². The molecule has 23 heavy (non-hydrogen) atoms. The molecule has 0 aliphatic rings. The fourth-order valence-electron chi connectivity index (χ4n) is 2.39. The molecular weight excluding hydrogens is 304 g/mol. The minimum Gasteiger partial charge on any atom is -0.382 e. The molecule has 0 atom stereocenters. The predicted molar refractivity (Wildman–Crippen MR) is 78.1 cm³/mol. The number of nitrogen functional groups attached to an aromatic ring is 1. The van der Waals surface area contributed by atoms with Crippen LogP contribution in [0, 0.1) is 6.92 Å². The van der Waals surface area contributed by atoms with Crippen molar-refractivity contribution in [2.45, 2.75) is 12.8 Å². The Morgan fingerprint density at radius 2 is 1.83 bits per heavy atom. The number of imidazole rings is 1. The molecule has 9 heteroatoms. The lowest BCUT2D eigenvalue weighted by Gasteiger charge is -2.14. The van der Waals surface area contributed by atoms with Gasteiger partial charge in [-0.05, 0) is 30.7 Å². The molecule has 0 saturated heterocycles. The third kappa shape index (κ3) is 2.00. The van der Waals surface area contributed by atoms with Crippen molar-refractivity contribution in [2.75, 3.05) is 5.73 Å². The zero-order chi connectivity index (χ0) is 16.2. The van der Waals surface area contributed by atoms with E-state index in [2.05, 4.69) is 20.3 Å². The Labute approximate surface area is 128 Å². The second-order valence-corrected chi connectivity index (χ2v) is 5.22. The fraction of sp³-hybridized carbons (Fsp3) is 0.143. The number of alkyl halides is 2. The maximum atomic E-state index is 14.9. The average molecular weight is 315 g/mol. The zero-order valence-electron chi connectivity index (χ0n) is 12.0. The van der Waals surface area contributed by atoms with E-state index in [1.165, 1.54) is 27.2 Å². The minimum absolute atomic E-state index is 0.210. The van der Waals surface area contributed by atoms with Gasteiger partial charge in [-0.2, -0.15) is 13.9 Å². The number of hydrogen-bond acceptors (Lipinski definition) is 5. The van der Waals surface area contributed by atoms with Gasteiger partial charge in [-0.1, -0.05) is 6.07 Å². The fourth-order valence-corrected chi connectivity index (χ4v) is 2.39.